The Morgan fingerprint density at radius 2 is 1.04 bits per heavy atom. The van der Waals surface area contributed by atoms with Crippen LogP contribution < -0.4 is 20.1 Å². The van der Waals surface area contributed by atoms with E-state index in [-0.39, 0.29) is 0 Å². The number of ether oxygens (including phenoxy) is 2. The summed E-state index contributed by atoms with van der Waals surface area (Å²) in [6, 6.07) is 16.3. The van der Waals surface area contributed by atoms with Crippen molar-refractivity contribution < 1.29 is 9.47 Å². The number of hydrogen-bond acceptors (Lipinski definition) is 4. The summed E-state index contributed by atoms with van der Waals surface area (Å²) in [6.07, 6.45) is 4.16. The standard InChI is InChI=1S/C20H26N2O2/c1-3-11-19-17(9-1)21-13-5-7-16-24-20-12-4-2-10-18(20)22-14-6-8-15-23-19/h1-4,9-12,21-22H,5-8,13-16H2. The molecule has 0 aromatic heterocycles. The molecule has 0 saturated heterocycles. The quantitative estimate of drug-likeness (QED) is 0.746. The van der Waals surface area contributed by atoms with Gasteiger partial charge in [0, 0.05) is 13.1 Å². The van der Waals surface area contributed by atoms with Crippen LogP contribution in [-0.4, -0.2) is 26.3 Å². The van der Waals surface area contributed by atoms with E-state index in [1.165, 1.54) is 0 Å². The molecule has 1 heterocycles. The van der Waals surface area contributed by atoms with Gasteiger partial charge in [-0.1, -0.05) is 24.3 Å². The Morgan fingerprint density at radius 1 is 0.583 bits per heavy atom. The molecule has 4 heteroatoms. The summed E-state index contributed by atoms with van der Waals surface area (Å²) < 4.78 is 11.9. The molecule has 0 radical (unpaired) electrons. The van der Waals surface area contributed by atoms with Crippen LogP contribution in [0.2, 0.25) is 0 Å². The van der Waals surface area contributed by atoms with E-state index in [0.29, 0.717) is 0 Å². The van der Waals surface area contributed by atoms with Gasteiger partial charge < -0.3 is 20.1 Å². The van der Waals surface area contributed by atoms with Crippen LogP contribution in [0.4, 0.5) is 11.4 Å². The molecule has 0 fully saturated rings. The molecule has 0 saturated carbocycles. The fraction of sp³-hybridized carbons (Fsp3) is 0.400. The van der Waals surface area contributed by atoms with Crippen LogP contribution in [0.1, 0.15) is 25.7 Å². The molecule has 0 bridgehead atoms. The van der Waals surface area contributed by atoms with E-state index in [1.54, 1.807) is 0 Å². The smallest absolute Gasteiger partial charge is 0.142 e. The maximum absolute atomic E-state index is 5.94. The van der Waals surface area contributed by atoms with E-state index < -0.39 is 0 Å². The lowest BCUT2D eigenvalue weighted by Crippen LogP contribution is -2.10. The van der Waals surface area contributed by atoms with Crippen molar-refractivity contribution in [3.8, 4) is 11.5 Å². The van der Waals surface area contributed by atoms with E-state index in [2.05, 4.69) is 22.8 Å². The maximum Gasteiger partial charge on any atom is 0.142 e. The molecule has 0 unspecified atom stereocenters. The van der Waals surface area contributed by atoms with Crippen molar-refractivity contribution in [2.45, 2.75) is 25.7 Å². The van der Waals surface area contributed by atoms with E-state index in [4.69, 9.17) is 9.47 Å². The maximum atomic E-state index is 5.94. The van der Waals surface area contributed by atoms with Crippen molar-refractivity contribution in [2.75, 3.05) is 36.9 Å². The second-order valence-electron chi connectivity index (χ2n) is 5.96. The number of para-hydroxylation sites is 4. The van der Waals surface area contributed by atoms with E-state index in [1.807, 2.05) is 36.4 Å². The van der Waals surface area contributed by atoms with Gasteiger partial charge in [-0.05, 0) is 49.9 Å². The first-order chi connectivity index (χ1) is 11.9. The molecule has 0 aliphatic carbocycles. The number of anilines is 2. The van der Waals surface area contributed by atoms with Crippen molar-refractivity contribution in [3.63, 3.8) is 0 Å². The Labute approximate surface area is 144 Å². The van der Waals surface area contributed by atoms with Crippen molar-refractivity contribution in [1.29, 1.82) is 0 Å². The van der Waals surface area contributed by atoms with Gasteiger partial charge in [-0.15, -0.1) is 0 Å². The predicted molar refractivity (Wildman–Crippen MR) is 99.3 cm³/mol. The highest BCUT2D eigenvalue weighted by molar-refractivity contribution is 5.56. The van der Waals surface area contributed by atoms with Gasteiger partial charge in [0.15, 0.2) is 0 Å². The largest absolute Gasteiger partial charge is 0.491 e. The SMILES string of the molecule is c1ccc2c(c1)NCCCCOc1ccccc1NCCCCO2. The lowest BCUT2D eigenvalue weighted by Gasteiger charge is -2.16. The topological polar surface area (TPSA) is 42.5 Å². The third kappa shape index (κ3) is 4.82. The first-order valence-corrected chi connectivity index (χ1v) is 8.85. The molecule has 3 rings (SSSR count). The minimum Gasteiger partial charge on any atom is -0.491 e. The van der Waals surface area contributed by atoms with Crippen LogP contribution in [0.3, 0.4) is 0 Å². The molecule has 24 heavy (non-hydrogen) atoms. The van der Waals surface area contributed by atoms with Crippen molar-refractivity contribution in [3.05, 3.63) is 48.5 Å². The molecular weight excluding hydrogens is 300 g/mol. The predicted octanol–water partition coefficient (Wildman–Crippen LogP) is 4.54. The lowest BCUT2D eigenvalue weighted by molar-refractivity contribution is 0.306. The molecule has 1 aliphatic heterocycles. The summed E-state index contributed by atoms with van der Waals surface area (Å²) in [5.74, 6) is 1.89. The minimum atomic E-state index is 0.735. The number of nitrogens with one attached hydrogen (secondary N) is 2. The molecule has 0 atom stereocenters. The second-order valence-corrected chi connectivity index (χ2v) is 5.96. The van der Waals surface area contributed by atoms with E-state index in [0.717, 1.165) is 74.9 Å². The van der Waals surface area contributed by atoms with Crippen LogP contribution in [0.5, 0.6) is 11.5 Å². The summed E-state index contributed by atoms with van der Waals surface area (Å²) >= 11 is 0. The number of rotatable bonds is 0. The van der Waals surface area contributed by atoms with Crippen LogP contribution in [-0.2, 0) is 0 Å². The van der Waals surface area contributed by atoms with Gasteiger partial charge in [0.05, 0.1) is 24.6 Å². The second kappa shape index (κ2) is 9.06. The number of benzene rings is 2. The zero-order valence-electron chi connectivity index (χ0n) is 14.1. The van der Waals surface area contributed by atoms with Crippen LogP contribution in [0.25, 0.3) is 0 Å². The van der Waals surface area contributed by atoms with Crippen LogP contribution >= 0.6 is 0 Å². The number of fused-ring (bicyclic) bond motifs is 2. The molecule has 0 spiro atoms. The highest BCUT2D eigenvalue weighted by Crippen LogP contribution is 2.25. The summed E-state index contributed by atoms with van der Waals surface area (Å²) in [5.41, 5.74) is 2.16. The third-order valence-electron chi connectivity index (χ3n) is 4.06. The molecule has 0 amide bonds. The molecule has 2 aromatic rings. The van der Waals surface area contributed by atoms with Crippen LogP contribution in [0.15, 0.2) is 48.5 Å². The molecule has 1 aliphatic rings. The number of hydrogen-bond donors (Lipinski definition) is 2. The first-order valence-electron chi connectivity index (χ1n) is 8.85. The zero-order valence-corrected chi connectivity index (χ0v) is 14.1. The fourth-order valence-corrected chi connectivity index (χ4v) is 2.74. The van der Waals surface area contributed by atoms with Gasteiger partial charge in [-0.25, -0.2) is 0 Å². The molecular formula is C20H26N2O2. The average Bonchev–Trinajstić information content (AvgIpc) is 2.62. The van der Waals surface area contributed by atoms with Gasteiger partial charge in [0.2, 0.25) is 0 Å². The Balaban J connectivity index is 1.61. The molecule has 128 valence electrons. The molecule has 2 aromatic carbocycles. The lowest BCUT2D eigenvalue weighted by atomic mass is 10.2. The Kier molecular flexibility index (Phi) is 6.23. The van der Waals surface area contributed by atoms with Crippen molar-refractivity contribution in [1.82, 2.24) is 0 Å². The van der Waals surface area contributed by atoms with E-state index in [9.17, 15) is 0 Å². The minimum absolute atomic E-state index is 0.735. The van der Waals surface area contributed by atoms with Gasteiger partial charge >= 0.3 is 0 Å². The van der Waals surface area contributed by atoms with Gasteiger partial charge in [-0.3, -0.25) is 0 Å². The summed E-state index contributed by atoms with van der Waals surface area (Å²) in [4.78, 5) is 0. The third-order valence-corrected chi connectivity index (χ3v) is 4.06. The highest BCUT2D eigenvalue weighted by Gasteiger charge is 2.05. The summed E-state index contributed by atoms with van der Waals surface area (Å²) in [7, 11) is 0. The summed E-state index contributed by atoms with van der Waals surface area (Å²) in [5, 5.41) is 6.94. The van der Waals surface area contributed by atoms with Gasteiger partial charge in [0.25, 0.3) is 0 Å². The van der Waals surface area contributed by atoms with Gasteiger partial charge in [0.1, 0.15) is 11.5 Å². The first kappa shape index (κ1) is 16.5. The van der Waals surface area contributed by atoms with Gasteiger partial charge in [-0.2, -0.15) is 0 Å². The zero-order chi connectivity index (χ0) is 16.5. The van der Waals surface area contributed by atoms with Crippen LogP contribution in [0, 0.1) is 0 Å². The van der Waals surface area contributed by atoms with Crippen molar-refractivity contribution >= 4 is 11.4 Å². The fourth-order valence-electron chi connectivity index (χ4n) is 2.74. The van der Waals surface area contributed by atoms with Crippen molar-refractivity contribution in [2.24, 2.45) is 0 Å². The van der Waals surface area contributed by atoms with E-state index >= 15 is 0 Å². The normalized spacial score (nSPS) is 16.3. The molecule has 2 N–H and O–H groups in total. The molecule has 4 nitrogen and oxygen atoms in total. The highest BCUT2D eigenvalue weighted by atomic mass is 16.5. The summed E-state index contributed by atoms with van der Waals surface area (Å²) in [6.45, 7) is 3.31. The Hall–Kier alpha value is -2.36. The Morgan fingerprint density at radius 3 is 1.54 bits per heavy atom. The monoisotopic (exact) mass is 326 g/mol. The average molecular weight is 326 g/mol. The Bertz CT molecular complexity index is 521.